The highest BCUT2D eigenvalue weighted by atomic mass is 32.2. The van der Waals surface area contributed by atoms with Crippen LogP contribution in [-0.2, 0) is 35.8 Å². The second-order valence-corrected chi connectivity index (χ2v) is 13.2. The van der Waals surface area contributed by atoms with Gasteiger partial charge in [-0.3, -0.25) is 9.11 Å². The van der Waals surface area contributed by atoms with Crippen molar-refractivity contribution in [3.63, 3.8) is 0 Å². The minimum atomic E-state index is -4.76. The van der Waals surface area contributed by atoms with Crippen LogP contribution in [0.1, 0.15) is 5.56 Å². The molecule has 5 aromatic carbocycles. The van der Waals surface area contributed by atoms with Gasteiger partial charge in [-0.25, -0.2) is 5.26 Å². The van der Waals surface area contributed by atoms with E-state index in [1.807, 2.05) is 0 Å². The molecule has 0 aliphatic rings. The number of rotatable bonds is 9. The fraction of sp³-hybridized carbons (Fsp3) is 0.0370. The highest BCUT2D eigenvalue weighted by molar-refractivity contribution is 7.94. The number of phenolic OH excluding ortho intramolecular Hbond substituents is 1. The maximum Gasteiger partial charge on any atom is 0.416 e. The zero-order chi connectivity index (χ0) is 35.0. The molecule has 0 fully saturated rings. The molecule has 0 amide bonds. The van der Waals surface area contributed by atoms with Crippen LogP contribution in [0.4, 0.5) is 41.6 Å². The summed E-state index contributed by atoms with van der Waals surface area (Å²) in [6.07, 6.45) is -4.55. The molecule has 0 aromatic heterocycles. The Morgan fingerprint density at radius 2 is 1.40 bits per heavy atom. The minimum absolute atomic E-state index is 0.0309. The van der Waals surface area contributed by atoms with E-state index < -0.39 is 53.2 Å². The number of hydrogen-bond donors (Lipinski definition) is 5. The topological polar surface area (TPSA) is 243 Å². The molecule has 0 aliphatic carbocycles. The van der Waals surface area contributed by atoms with Crippen LogP contribution in [0.5, 0.6) is 5.75 Å². The SMILES string of the molecule is Nc1cc2c(O)c(N=Nc3ccc(N=Nc4ccc(C(F)(F)F)cc4)c4ccc(S(=O)(=O)O)cc34)c(SOOO)cc2cc1S(=O)(=O)O. The van der Waals surface area contributed by atoms with E-state index in [9.17, 15) is 44.2 Å². The lowest BCUT2D eigenvalue weighted by molar-refractivity contribution is -0.432. The lowest BCUT2D eigenvalue weighted by atomic mass is 10.1. The first-order valence-electron chi connectivity index (χ1n) is 12.7. The largest absolute Gasteiger partial charge is 0.505 e. The third-order valence-corrected chi connectivity index (χ3v) is 8.96. The van der Waals surface area contributed by atoms with E-state index in [1.165, 1.54) is 24.3 Å². The number of azo groups is 2. The van der Waals surface area contributed by atoms with Crippen LogP contribution >= 0.6 is 12.0 Å². The standard InChI is InChI=1S/C27H18F3N5O10S3/c28-27(29,30)14-1-3-15(4-2-14)32-33-21-7-8-22(19-11-16(47(38,39)40)5-6-17(19)21)34-35-25-23(46-45-44-37)9-13-10-24(48(41,42)43)20(31)12-18(13)26(25)36/h1-12,36-37H,31H2,(H,38,39,40)(H,41,42,43). The van der Waals surface area contributed by atoms with Crippen LogP contribution in [0.2, 0.25) is 0 Å². The van der Waals surface area contributed by atoms with Crippen molar-refractivity contribution in [1.29, 1.82) is 0 Å². The number of anilines is 1. The molecule has 5 rings (SSSR count). The Labute approximate surface area is 271 Å². The van der Waals surface area contributed by atoms with Crippen LogP contribution in [0.3, 0.4) is 0 Å². The molecule has 21 heteroatoms. The summed E-state index contributed by atoms with van der Waals surface area (Å²) in [5.41, 5.74) is 4.29. The van der Waals surface area contributed by atoms with Gasteiger partial charge in [0.15, 0.2) is 5.75 Å². The molecule has 5 aromatic rings. The monoisotopic (exact) mass is 725 g/mol. The van der Waals surface area contributed by atoms with Crippen LogP contribution < -0.4 is 5.73 Å². The van der Waals surface area contributed by atoms with Gasteiger partial charge in [0, 0.05) is 16.2 Å². The lowest BCUT2D eigenvalue weighted by Crippen LogP contribution is -2.03. The summed E-state index contributed by atoms with van der Waals surface area (Å²) in [4.78, 5) is -1.30. The first-order chi connectivity index (χ1) is 22.5. The molecule has 15 nitrogen and oxygen atoms in total. The molecule has 0 radical (unpaired) electrons. The van der Waals surface area contributed by atoms with Crippen molar-refractivity contribution in [3.8, 4) is 5.75 Å². The van der Waals surface area contributed by atoms with Gasteiger partial charge >= 0.3 is 6.18 Å². The molecule has 0 unspecified atom stereocenters. The summed E-state index contributed by atoms with van der Waals surface area (Å²) in [5.74, 6) is -0.612. The molecule has 0 saturated carbocycles. The van der Waals surface area contributed by atoms with Gasteiger partial charge in [-0.05, 0) is 72.1 Å². The summed E-state index contributed by atoms with van der Waals surface area (Å²) in [6, 6.07) is 13.2. The number of halogens is 3. The third-order valence-electron chi connectivity index (χ3n) is 6.58. The van der Waals surface area contributed by atoms with Gasteiger partial charge in [0.2, 0.25) is 0 Å². The average Bonchev–Trinajstić information content (AvgIpc) is 3.01. The molecule has 250 valence electrons. The summed E-state index contributed by atoms with van der Waals surface area (Å²) < 4.78 is 110. The molecule has 0 spiro atoms. The third kappa shape index (κ3) is 7.37. The molecule has 6 N–H and O–H groups in total. The smallest absolute Gasteiger partial charge is 0.416 e. The van der Waals surface area contributed by atoms with Crippen LogP contribution in [0.25, 0.3) is 21.5 Å². The molecular formula is C27H18F3N5O10S3. The maximum atomic E-state index is 12.9. The van der Waals surface area contributed by atoms with Gasteiger partial charge in [-0.2, -0.15) is 35.1 Å². The van der Waals surface area contributed by atoms with Crippen molar-refractivity contribution in [2.24, 2.45) is 20.5 Å². The van der Waals surface area contributed by atoms with Gasteiger partial charge < -0.3 is 10.8 Å². The first kappa shape index (κ1) is 34.6. The van der Waals surface area contributed by atoms with Crippen molar-refractivity contribution in [3.05, 3.63) is 78.4 Å². The van der Waals surface area contributed by atoms with E-state index >= 15 is 0 Å². The predicted molar refractivity (Wildman–Crippen MR) is 164 cm³/mol. The second-order valence-electron chi connectivity index (χ2n) is 9.61. The number of hydrogen-bond acceptors (Lipinski definition) is 14. The Morgan fingerprint density at radius 3 is 2.00 bits per heavy atom. The fourth-order valence-corrected chi connectivity index (χ4v) is 6.02. The van der Waals surface area contributed by atoms with Crippen molar-refractivity contribution >= 4 is 82.3 Å². The zero-order valence-electron chi connectivity index (χ0n) is 23.4. The molecule has 0 heterocycles. The summed E-state index contributed by atoms with van der Waals surface area (Å²) in [5, 5.41) is 39.8. The molecule has 48 heavy (non-hydrogen) atoms. The minimum Gasteiger partial charge on any atom is -0.505 e. The van der Waals surface area contributed by atoms with Crippen molar-refractivity contribution in [1.82, 2.24) is 0 Å². The van der Waals surface area contributed by atoms with Gasteiger partial charge in [-0.1, -0.05) is 11.1 Å². The molecule has 0 saturated heterocycles. The van der Waals surface area contributed by atoms with Gasteiger partial charge in [0.05, 0.1) is 50.1 Å². The number of nitrogen functional groups attached to an aromatic ring is 1. The quantitative estimate of drug-likeness (QED) is 0.0242. The number of nitrogens with zero attached hydrogens (tertiary/aromatic N) is 4. The Hall–Kier alpha value is -4.74. The van der Waals surface area contributed by atoms with E-state index in [2.05, 4.69) is 29.8 Å². The van der Waals surface area contributed by atoms with Crippen molar-refractivity contribution < 1.29 is 58.8 Å². The normalized spacial score (nSPS) is 13.0. The first-order valence-corrected chi connectivity index (χ1v) is 16.4. The lowest BCUT2D eigenvalue weighted by Gasteiger charge is -2.11. The predicted octanol–water partition coefficient (Wildman–Crippen LogP) is 8.05. The fourth-order valence-electron chi connectivity index (χ4n) is 4.39. The number of alkyl halides is 3. The highest BCUT2D eigenvalue weighted by Gasteiger charge is 2.30. The van der Waals surface area contributed by atoms with Gasteiger partial charge in [0.25, 0.3) is 20.2 Å². The summed E-state index contributed by atoms with van der Waals surface area (Å²) in [7, 11) is -9.47. The number of phenols is 1. The van der Waals surface area contributed by atoms with E-state index in [-0.39, 0.29) is 49.2 Å². The van der Waals surface area contributed by atoms with E-state index in [0.717, 1.165) is 48.5 Å². The van der Waals surface area contributed by atoms with Crippen LogP contribution in [0.15, 0.2) is 108 Å². The van der Waals surface area contributed by atoms with Gasteiger partial charge in [0.1, 0.15) is 10.6 Å². The molecule has 0 atom stereocenters. The van der Waals surface area contributed by atoms with Gasteiger partial charge in [-0.15, -0.1) is 19.7 Å². The average molecular weight is 726 g/mol. The van der Waals surface area contributed by atoms with Crippen LogP contribution in [-0.4, -0.2) is 36.3 Å². The van der Waals surface area contributed by atoms with E-state index in [4.69, 9.17) is 11.0 Å². The Kier molecular flexibility index (Phi) is 9.40. The van der Waals surface area contributed by atoms with Crippen molar-refractivity contribution in [2.45, 2.75) is 20.9 Å². The molecule has 0 aliphatic heterocycles. The van der Waals surface area contributed by atoms with Crippen molar-refractivity contribution in [2.75, 3.05) is 5.73 Å². The Balaban J connectivity index is 1.64. The second kappa shape index (κ2) is 13.0. The zero-order valence-corrected chi connectivity index (χ0v) is 25.8. The highest BCUT2D eigenvalue weighted by Crippen LogP contribution is 2.46. The number of benzene rings is 5. The molecule has 0 bridgehead atoms. The maximum absolute atomic E-state index is 12.9. The number of fused-ring (bicyclic) bond motifs is 2. The molecular weight excluding hydrogens is 708 g/mol. The Morgan fingerprint density at radius 1 is 0.750 bits per heavy atom. The Bertz CT molecular complexity index is 2350. The van der Waals surface area contributed by atoms with Crippen LogP contribution in [0, 0.1) is 0 Å². The summed E-state index contributed by atoms with van der Waals surface area (Å²) >= 11 is 0.316. The van der Waals surface area contributed by atoms with E-state index in [0.29, 0.717) is 12.0 Å². The summed E-state index contributed by atoms with van der Waals surface area (Å²) in [6.45, 7) is 0. The van der Waals surface area contributed by atoms with E-state index in [1.54, 1.807) is 0 Å². The number of aromatic hydroxyl groups is 1. The number of nitrogens with two attached hydrogens (primary N) is 1.